The van der Waals surface area contributed by atoms with E-state index in [-0.39, 0.29) is 6.10 Å². The van der Waals surface area contributed by atoms with Crippen LogP contribution in [0.2, 0.25) is 0 Å². The van der Waals surface area contributed by atoms with Gasteiger partial charge in [-0.05, 0) is 37.2 Å². The van der Waals surface area contributed by atoms with Crippen molar-refractivity contribution >= 4 is 0 Å². The zero-order valence-electron chi connectivity index (χ0n) is 10.4. The fourth-order valence-corrected chi connectivity index (χ4v) is 2.84. The second-order valence-electron chi connectivity index (χ2n) is 5.59. The Bertz CT molecular complexity index is 386. The van der Waals surface area contributed by atoms with Gasteiger partial charge in [-0.25, -0.2) is 0 Å². The number of rotatable bonds is 4. The molecule has 0 radical (unpaired) electrons. The summed E-state index contributed by atoms with van der Waals surface area (Å²) in [7, 11) is 1.94. The number of hydrogen-bond donors (Lipinski definition) is 1. The van der Waals surface area contributed by atoms with Crippen LogP contribution in [0.1, 0.15) is 24.8 Å². The van der Waals surface area contributed by atoms with Crippen LogP contribution in [0, 0.1) is 5.92 Å². The summed E-state index contributed by atoms with van der Waals surface area (Å²) in [5.74, 6) is 0.900. The highest BCUT2D eigenvalue weighted by atomic mass is 16.3. The van der Waals surface area contributed by atoms with Crippen LogP contribution in [0.4, 0.5) is 0 Å². The molecule has 2 heterocycles. The maximum atomic E-state index is 10.1. The van der Waals surface area contributed by atoms with Crippen molar-refractivity contribution in [1.29, 1.82) is 0 Å². The van der Waals surface area contributed by atoms with Gasteiger partial charge in [0, 0.05) is 32.4 Å². The zero-order chi connectivity index (χ0) is 11.8. The van der Waals surface area contributed by atoms with Gasteiger partial charge in [-0.3, -0.25) is 9.58 Å². The van der Waals surface area contributed by atoms with Gasteiger partial charge in [-0.1, -0.05) is 0 Å². The second-order valence-corrected chi connectivity index (χ2v) is 5.59. The topological polar surface area (TPSA) is 41.3 Å². The van der Waals surface area contributed by atoms with Gasteiger partial charge < -0.3 is 5.11 Å². The summed E-state index contributed by atoms with van der Waals surface area (Å²) in [5.41, 5.74) is 1.24. The van der Waals surface area contributed by atoms with Crippen molar-refractivity contribution < 1.29 is 5.11 Å². The van der Waals surface area contributed by atoms with Gasteiger partial charge in [0.05, 0.1) is 12.3 Å². The lowest BCUT2D eigenvalue weighted by Crippen LogP contribution is -2.38. The van der Waals surface area contributed by atoms with Gasteiger partial charge in [-0.15, -0.1) is 0 Å². The van der Waals surface area contributed by atoms with E-state index in [2.05, 4.69) is 16.2 Å². The average molecular weight is 235 g/mol. The number of aliphatic hydroxyl groups excluding tert-OH is 1. The first-order chi connectivity index (χ1) is 8.22. The summed E-state index contributed by atoms with van der Waals surface area (Å²) >= 11 is 0. The molecule has 1 aromatic heterocycles. The molecule has 0 unspecified atom stereocenters. The van der Waals surface area contributed by atoms with E-state index in [0.717, 1.165) is 25.3 Å². The maximum Gasteiger partial charge on any atom is 0.0710 e. The molecule has 17 heavy (non-hydrogen) atoms. The fraction of sp³-hybridized carbons (Fsp3) is 0.769. The molecule has 2 fully saturated rings. The van der Waals surface area contributed by atoms with Crippen LogP contribution in [0.25, 0.3) is 0 Å². The Labute approximate surface area is 102 Å². The Kier molecular flexibility index (Phi) is 2.92. The summed E-state index contributed by atoms with van der Waals surface area (Å²) in [5, 5.41) is 14.3. The molecule has 1 saturated carbocycles. The Morgan fingerprint density at radius 3 is 2.88 bits per heavy atom. The quantitative estimate of drug-likeness (QED) is 0.839. The number of aryl methyl sites for hydroxylation is 1. The van der Waals surface area contributed by atoms with Gasteiger partial charge in [0.25, 0.3) is 0 Å². The summed E-state index contributed by atoms with van der Waals surface area (Å²) in [6.45, 7) is 2.24. The Hall–Kier alpha value is -0.870. The van der Waals surface area contributed by atoms with Crippen LogP contribution >= 0.6 is 0 Å². The minimum absolute atomic E-state index is 0.158. The van der Waals surface area contributed by atoms with Crippen LogP contribution in [0.15, 0.2) is 12.4 Å². The van der Waals surface area contributed by atoms with Crippen LogP contribution < -0.4 is 0 Å². The lowest BCUT2D eigenvalue weighted by molar-refractivity contribution is 0.113. The van der Waals surface area contributed by atoms with Crippen molar-refractivity contribution in [2.24, 2.45) is 13.0 Å². The maximum absolute atomic E-state index is 10.1. The summed E-state index contributed by atoms with van der Waals surface area (Å²) < 4.78 is 1.84. The molecule has 94 valence electrons. The molecule has 1 saturated heterocycles. The van der Waals surface area contributed by atoms with Crippen molar-refractivity contribution in [1.82, 2.24) is 14.7 Å². The molecule has 4 heteroatoms. The first-order valence-electron chi connectivity index (χ1n) is 6.62. The fourth-order valence-electron chi connectivity index (χ4n) is 2.84. The zero-order valence-corrected chi connectivity index (χ0v) is 10.4. The molecule has 0 amide bonds. The third-order valence-electron chi connectivity index (χ3n) is 4.02. The molecular weight excluding hydrogens is 214 g/mol. The van der Waals surface area contributed by atoms with Crippen LogP contribution in [0.5, 0.6) is 0 Å². The standard InChI is InChI=1S/C13H21N3O/c1-15-8-11(7-14-15)6-12-13(17)4-5-16(12)9-10-2-3-10/h7-8,10,12-13,17H,2-6,9H2,1H3/t12-,13+/m1/s1. The molecule has 0 bridgehead atoms. The van der Waals surface area contributed by atoms with Gasteiger partial charge in [-0.2, -0.15) is 5.10 Å². The molecule has 2 atom stereocenters. The lowest BCUT2D eigenvalue weighted by Gasteiger charge is -2.25. The van der Waals surface area contributed by atoms with E-state index in [9.17, 15) is 5.11 Å². The predicted molar refractivity (Wildman–Crippen MR) is 65.6 cm³/mol. The number of hydrogen-bond acceptors (Lipinski definition) is 3. The highest BCUT2D eigenvalue weighted by Gasteiger charge is 2.36. The molecule has 1 aliphatic heterocycles. The SMILES string of the molecule is Cn1cc(C[C@@H]2[C@@H](O)CCN2CC2CC2)cn1. The van der Waals surface area contributed by atoms with Gasteiger partial charge in [0.15, 0.2) is 0 Å². The number of nitrogens with zero attached hydrogens (tertiary/aromatic N) is 3. The molecule has 2 aliphatic rings. The molecule has 1 aliphatic carbocycles. The van der Waals surface area contributed by atoms with E-state index in [1.54, 1.807) is 0 Å². The van der Waals surface area contributed by atoms with Crippen molar-refractivity contribution in [3.8, 4) is 0 Å². The predicted octanol–water partition coefficient (Wildman–Crippen LogP) is 0.808. The summed E-state index contributed by atoms with van der Waals surface area (Å²) in [6, 6.07) is 0.305. The smallest absolute Gasteiger partial charge is 0.0710 e. The van der Waals surface area contributed by atoms with Crippen molar-refractivity contribution in [2.75, 3.05) is 13.1 Å². The number of likely N-dealkylation sites (tertiary alicyclic amines) is 1. The van der Waals surface area contributed by atoms with Crippen molar-refractivity contribution in [3.63, 3.8) is 0 Å². The van der Waals surface area contributed by atoms with E-state index in [4.69, 9.17) is 0 Å². The van der Waals surface area contributed by atoms with Crippen molar-refractivity contribution in [2.45, 2.75) is 37.8 Å². The minimum atomic E-state index is -0.158. The summed E-state index contributed by atoms with van der Waals surface area (Å²) in [4.78, 5) is 2.48. The molecule has 1 N–H and O–H groups in total. The van der Waals surface area contributed by atoms with Gasteiger partial charge in [0.2, 0.25) is 0 Å². The monoisotopic (exact) mass is 235 g/mol. The largest absolute Gasteiger partial charge is 0.391 e. The molecule has 0 spiro atoms. The van der Waals surface area contributed by atoms with Crippen LogP contribution in [-0.2, 0) is 13.5 Å². The van der Waals surface area contributed by atoms with E-state index in [1.165, 1.54) is 24.9 Å². The average Bonchev–Trinajstić information content (AvgIpc) is 2.93. The molecule has 1 aromatic rings. The molecular formula is C13H21N3O. The van der Waals surface area contributed by atoms with Crippen LogP contribution in [0.3, 0.4) is 0 Å². The lowest BCUT2D eigenvalue weighted by atomic mass is 10.0. The minimum Gasteiger partial charge on any atom is -0.391 e. The Morgan fingerprint density at radius 2 is 2.24 bits per heavy atom. The number of aromatic nitrogens is 2. The second kappa shape index (κ2) is 4.42. The van der Waals surface area contributed by atoms with E-state index < -0.39 is 0 Å². The van der Waals surface area contributed by atoms with Gasteiger partial charge >= 0.3 is 0 Å². The first kappa shape index (κ1) is 11.2. The third kappa shape index (κ3) is 2.53. The van der Waals surface area contributed by atoms with E-state index >= 15 is 0 Å². The highest BCUT2D eigenvalue weighted by Crippen LogP contribution is 2.33. The van der Waals surface area contributed by atoms with Crippen LogP contribution in [-0.4, -0.2) is 45.0 Å². The molecule has 3 rings (SSSR count). The molecule has 4 nitrogen and oxygen atoms in total. The van der Waals surface area contributed by atoms with Crippen molar-refractivity contribution in [3.05, 3.63) is 18.0 Å². The van der Waals surface area contributed by atoms with Gasteiger partial charge in [0.1, 0.15) is 0 Å². The first-order valence-corrected chi connectivity index (χ1v) is 6.62. The normalized spacial score (nSPS) is 30.0. The molecule has 0 aromatic carbocycles. The Balaban J connectivity index is 1.65. The van der Waals surface area contributed by atoms with E-state index in [1.807, 2.05) is 17.9 Å². The van der Waals surface area contributed by atoms with E-state index in [0.29, 0.717) is 6.04 Å². The third-order valence-corrected chi connectivity index (χ3v) is 4.02. The summed E-state index contributed by atoms with van der Waals surface area (Å²) in [6.07, 6.45) is 8.44. The number of aliphatic hydroxyl groups is 1. The Morgan fingerprint density at radius 1 is 1.41 bits per heavy atom. The highest BCUT2D eigenvalue weighted by molar-refractivity contribution is 5.08.